The minimum atomic E-state index is -0.250. The van der Waals surface area contributed by atoms with E-state index in [1.807, 2.05) is 0 Å². The van der Waals surface area contributed by atoms with Gasteiger partial charge in [-0.2, -0.15) is 0 Å². The van der Waals surface area contributed by atoms with E-state index in [-0.39, 0.29) is 16.9 Å². The van der Waals surface area contributed by atoms with Crippen LogP contribution in [0, 0.1) is 5.82 Å². The number of ether oxygens (including phenoxy) is 2. The monoisotopic (exact) mass is 274 g/mol. The van der Waals surface area contributed by atoms with Crippen LogP contribution >= 0.6 is 15.9 Å². The van der Waals surface area contributed by atoms with E-state index < -0.39 is 0 Å². The van der Waals surface area contributed by atoms with Crippen LogP contribution in [0.4, 0.5) is 4.39 Å². The van der Waals surface area contributed by atoms with Crippen LogP contribution in [-0.2, 0) is 4.74 Å². The maximum absolute atomic E-state index is 12.6. The van der Waals surface area contributed by atoms with Gasteiger partial charge in [0.25, 0.3) is 0 Å². The summed E-state index contributed by atoms with van der Waals surface area (Å²) in [6.07, 6.45) is 2.15. The molecule has 0 aromatic heterocycles. The summed E-state index contributed by atoms with van der Waals surface area (Å²) in [4.78, 5) is 0. The number of halogens is 2. The molecule has 1 fully saturated rings. The van der Waals surface area contributed by atoms with Crippen molar-refractivity contribution in [1.82, 2.24) is 0 Å². The third-order valence-electron chi connectivity index (χ3n) is 2.31. The Morgan fingerprint density at radius 1 is 1.33 bits per heavy atom. The van der Waals surface area contributed by atoms with Crippen molar-refractivity contribution < 1.29 is 13.9 Å². The summed E-state index contributed by atoms with van der Waals surface area (Å²) in [6.45, 7) is 0.522. The first-order chi connectivity index (χ1) is 7.24. The molecule has 15 heavy (non-hydrogen) atoms. The van der Waals surface area contributed by atoms with Crippen molar-refractivity contribution in [3.63, 3.8) is 0 Å². The third-order valence-corrected chi connectivity index (χ3v) is 2.98. The predicted octanol–water partition coefficient (Wildman–Crippen LogP) is 3.10. The summed E-state index contributed by atoms with van der Waals surface area (Å²) < 4.78 is 23.6. The fourth-order valence-corrected chi connectivity index (χ4v) is 2.07. The van der Waals surface area contributed by atoms with Crippen LogP contribution in [0.15, 0.2) is 24.3 Å². The van der Waals surface area contributed by atoms with Gasteiger partial charge < -0.3 is 9.47 Å². The van der Waals surface area contributed by atoms with Crippen molar-refractivity contribution >= 4 is 15.9 Å². The minimum Gasteiger partial charge on any atom is -0.491 e. The molecule has 1 heterocycles. The summed E-state index contributed by atoms with van der Waals surface area (Å²) >= 11 is 3.39. The van der Waals surface area contributed by atoms with E-state index in [0.29, 0.717) is 12.4 Å². The van der Waals surface area contributed by atoms with Gasteiger partial charge in [0.2, 0.25) is 0 Å². The van der Waals surface area contributed by atoms with Crippen molar-refractivity contribution in [2.24, 2.45) is 0 Å². The number of alkyl halides is 1. The van der Waals surface area contributed by atoms with Crippen LogP contribution in [0.2, 0.25) is 0 Å². The molecule has 1 aliphatic heterocycles. The second-order valence-electron chi connectivity index (χ2n) is 3.51. The first-order valence-corrected chi connectivity index (χ1v) is 5.83. The van der Waals surface area contributed by atoms with E-state index in [0.717, 1.165) is 12.8 Å². The van der Waals surface area contributed by atoms with Crippen LogP contribution in [-0.4, -0.2) is 17.7 Å². The summed E-state index contributed by atoms with van der Waals surface area (Å²) in [5, 5.41) is 0.152. The molecule has 1 saturated heterocycles. The first kappa shape index (κ1) is 10.9. The number of benzene rings is 1. The maximum atomic E-state index is 12.6. The predicted molar refractivity (Wildman–Crippen MR) is 58.7 cm³/mol. The molecule has 2 rings (SSSR count). The Kier molecular flexibility index (Phi) is 3.59. The third kappa shape index (κ3) is 3.18. The van der Waals surface area contributed by atoms with E-state index in [1.54, 1.807) is 12.1 Å². The summed E-state index contributed by atoms with van der Waals surface area (Å²) in [5.41, 5.74) is 0. The van der Waals surface area contributed by atoms with Crippen molar-refractivity contribution in [2.45, 2.75) is 24.0 Å². The summed E-state index contributed by atoms with van der Waals surface area (Å²) in [7, 11) is 0. The highest BCUT2D eigenvalue weighted by atomic mass is 79.9. The minimum absolute atomic E-state index is 0.138. The molecule has 1 aliphatic rings. The zero-order chi connectivity index (χ0) is 10.7. The maximum Gasteiger partial charge on any atom is 0.123 e. The van der Waals surface area contributed by atoms with Gasteiger partial charge in [0.05, 0.1) is 6.10 Å². The SMILES string of the molecule is Fc1ccc(OC[C@@H]2CC[C@H](Br)O2)cc1. The topological polar surface area (TPSA) is 18.5 Å². The highest BCUT2D eigenvalue weighted by Crippen LogP contribution is 2.24. The van der Waals surface area contributed by atoms with E-state index in [1.165, 1.54) is 12.1 Å². The van der Waals surface area contributed by atoms with Crippen molar-refractivity contribution in [2.75, 3.05) is 6.61 Å². The zero-order valence-electron chi connectivity index (χ0n) is 8.16. The van der Waals surface area contributed by atoms with Crippen LogP contribution in [0.25, 0.3) is 0 Å². The Morgan fingerprint density at radius 3 is 2.67 bits per heavy atom. The fourth-order valence-electron chi connectivity index (χ4n) is 1.50. The Morgan fingerprint density at radius 2 is 2.07 bits per heavy atom. The highest BCUT2D eigenvalue weighted by Gasteiger charge is 2.23. The Labute approximate surface area is 96.5 Å². The molecule has 2 nitrogen and oxygen atoms in total. The van der Waals surface area contributed by atoms with Gasteiger partial charge >= 0.3 is 0 Å². The van der Waals surface area contributed by atoms with Crippen LogP contribution < -0.4 is 4.74 Å². The van der Waals surface area contributed by atoms with Crippen LogP contribution in [0.5, 0.6) is 5.75 Å². The Hall–Kier alpha value is -0.610. The number of rotatable bonds is 3. The lowest BCUT2D eigenvalue weighted by molar-refractivity contribution is 0.0568. The molecule has 1 aromatic carbocycles. The molecule has 0 aliphatic carbocycles. The molecule has 0 spiro atoms. The van der Waals surface area contributed by atoms with Gasteiger partial charge in [0.1, 0.15) is 23.2 Å². The van der Waals surface area contributed by atoms with Crippen LogP contribution in [0.3, 0.4) is 0 Å². The van der Waals surface area contributed by atoms with Gasteiger partial charge in [0.15, 0.2) is 0 Å². The van der Waals surface area contributed by atoms with E-state index in [9.17, 15) is 4.39 Å². The fraction of sp³-hybridized carbons (Fsp3) is 0.455. The van der Waals surface area contributed by atoms with Crippen molar-refractivity contribution in [3.05, 3.63) is 30.1 Å². The molecule has 0 amide bonds. The van der Waals surface area contributed by atoms with Crippen molar-refractivity contribution in [1.29, 1.82) is 0 Å². The Bertz CT molecular complexity index is 315. The molecule has 0 saturated carbocycles. The lowest BCUT2D eigenvalue weighted by Crippen LogP contribution is -2.17. The molecular formula is C11H12BrFO2. The van der Waals surface area contributed by atoms with Gasteiger partial charge in [-0.25, -0.2) is 4.39 Å². The first-order valence-electron chi connectivity index (χ1n) is 4.92. The number of hydrogen-bond donors (Lipinski definition) is 0. The number of hydrogen-bond acceptors (Lipinski definition) is 2. The van der Waals surface area contributed by atoms with Gasteiger partial charge in [-0.05, 0) is 37.1 Å². The molecule has 2 atom stereocenters. The van der Waals surface area contributed by atoms with E-state index in [4.69, 9.17) is 9.47 Å². The second kappa shape index (κ2) is 4.94. The normalized spacial score (nSPS) is 25.5. The van der Waals surface area contributed by atoms with E-state index in [2.05, 4.69) is 15.9 Å². The quantitative estimate of drug-likeness (QED) is 0.789. The highest BCUT2D eigenvalue weighted by molar-refractivity contribution is 9.09. The smallest absolute Gasteiger partial charge is 0.123 e. The molecule has 4 heteroatoms. The standard InChI is InChI=1S/C11H12BrFO2/c12-11-6-5-10(15-11)7-14-9-3-1-8(13)2-4-9/h1-4,10-11H,5-7H2/t10-,11+/m0/s1. The molecule has 0 radical (unpaired) electrons. The molecular weight excluding hydrogens is 263 g/mol. The molecule has 0 bridgehead atoms. The molecule has 0 N–H and O–H groups in total. The van der Waals surface area contributed by atoms with Gasteiger partial charge in [0, 0.05) is 0 Å². The van der Waals surface area contributed by atoms with Gasteiger partial charge in [-0.1, -0.05) is 15.9 Å². The van der Waals surface area contributed by atoms with Gasteiger partial charge in [-0.15, -0.1) is 0 Å². The largest absolute Gasteiger partial charge is 0.491 e. The molecule has 82 valence electrons. The lowest BCUT2D eigenvalue weighted by Gasteiger charge is -2.11. The summed E-state index contributed by atoms with van der Waals surface area (Å²) in [6, 6.07) is 6.02. The molecule has 0 unspecified atom stereocenters. The van der Waals surface area contributed by atoms with Gasteiger partial charge in [-0.3, -0.25) is 0 Å². The lowest BCUT2D eigenvalue weighted by atomic mass is 10.2. The van der Waals surface area contributed by atoms with Crippen molar-refractivity contribution in [3.8, 4) is 5.75 Å². The van der Waals surface area contributed by atoms with Crippen LogP contribution in [0.1, 0.15) is 12.8 Å². The zero-order valence-corrected chi connectivity index (χ0v) is 9.74. The second-order valence-corrected chi connectivity index (χ2v) is 4.53. The average Bonchev–Trinajstić information content (AvgIpc) is 2.64. The van der Waals surface area contributed by atoms with E-state index >= 15 is 0 Å². The summed E-state index contributed by atoms with van der Waals surface area (Å²) in [5.74, 6) is 0.429. The average molecular weight is 275 g/mol. The molecule has 1 aromatic rings. The Balaban J connectivity index is 1.80.